The predicted molar refractivity (Wildman–Crippen MR) is 149 cm³/mol. The maximum Gasteiger partial charge on any atom is 0.416 e. The molecule has 0 atom stereocenters. The quantitative estimate of drug-likeness (QED) is 0.276. The molecule has 0 bridgehead atoms. The van der Waals surface area contributed by atoms with Gasteiger partial charge in [-0.15, -0.1) is 0 Å². The van der Waals surface area contributed by atoms with Crippen LogP contribution in [0.1, 0.15) is 56.2 Å². The molecule has 42 heavy (non-hydrogen) atoms. The number of rotatable bonds is 6. The maximum absolute atomic E-state index is 13.9. The highest BCUT2D eigenvalue weighted by Crippen LogP contribution is 2.41. The van der Waals surface area contributed by atoms with Crippen LogP contribution in [0.2, 0.25) is 5.02 Å². The first kappa shape index (κ1) is 31.6. The van der Waals surface area contributed by atoms with Crippen molar-refractivity contribution in [2.24, 2.45) is 0 Å². The largest absolute Gasteiger partial charge is 0.416 e. The summed E-state index contributed by atoms with van der Waals surface area (Å²) in [6, 6.07) is 9.79. The summed E-state index contributed by atoms with van der Waals surface area (Å²) < 4.78 is 81.3. The van der Waals surface area contributed by atoms with Crippen molar-refractivity contribution < 1.29 is 36.2 Å². The average Bonchev–Trinajstić information content (AvgIpc) is 2.92. The average molecular weight is 614 g/mol. The fourth-order valence-corrected chi connectivity index (χ4v) is 5.32. The number of pyridine rings is 1. The van der Waals surface area contributed by atoms with Crippen LogP contribution < -0.4 is 10.2 Å². The van der Waals surface area contributed by atoms with Crippen LogP contribution in [0, 0.1) is 0 Å². The number of hydrogen-bond donors (Lipinski definition) is 2. The number of halogens is 7. The van der Waals surface area contributed by atoms with E-state index in [1.54, 1.807) is 30.3 Å². The Balaban J connectivity index is 1.75. The highest BCUT2D eigenvalue weighted by Gasteiger charge is 2.41. The maximum atomic E-state index is 13.9. The molecule has 0 aliphatic heterocycles. The topological polar surface area (TPSA) is 65.5 Å². The molecule has 12 heteroatoms. The molecule has 0 spiro atoms. The van der Waals surface area contributed by atoms with Crippen LogP contribution in [0.5, 0.6) is 0 Å². The molecule has 0 unspecified atom stereocenters. The lowest BCUT2D eigenvalue weighted by Gasteiger charge is -2.32. The second kappa shape index (κ2) is 11.8. The number of alkyl halides is 6. The number of amides is 1. The fourth-order valence-electron chi connectivity index (χ4n) is 5.09. The van der Waals surface area contributed by atoms with Gasteiger partial charge in [-0.05, 0) is 75.4 Å². The number of likely N-dealkylation sites (N-methyl/N-ethyl adjacent to an activating group) is 1. The number of nitrogens with zero attached hydrogens (tertiary/aromatic N) is 2. The van der Waals surface area contributed by atoms with E-state index in [4.69, 9.17) is 11.6 Å². The molecule has 4 rings (SSSR count). The summed E-state index contributed by atoms with van der Waals surface area (Å²) in [5.74, 6) is -0.269. The van der Waals surface area contributed by atoms with Crippen LogP contribution in [0.25, 0.3) is 11.1 Å². The molecule has 2 aromatic carbocycles. The number of aromatic nitrogens is 1. The molecule has 1 aliphatic rings. The Bertz CT molecular complexity index is 1420. The zero-order chi connectivity index (χ0) is 31.0. The molecule has 1 aliphatic carbocycles. The minimum Gasteiger partial charge on any atom is -0.393 e. The first-order valence-corrected chi connectivity index (χ1v) is 13.6. The third kappa shape index (κ3) is 6.83. The summed E-state index contributed by atoms with van der Waals surface area (Å²) in [5, 5.41) is 13.5. The van der Waals surface area contributed by atoms with Gasteiger partial charge in [0, 0.05) is 29.2 Å². The van der Waals surface area contributed by atoms with Crippen molar-refractivity contribution in [1.29, 1.82) is 0 Å². The number of hydrogen-bond acceptors (Lipinski definition) is 4. The molecule has 0 saturated heterocycles. The molecule has 1 saturated carbocycles. The van der Waals surface area contributed by atoms with E-state index in [1.165, 1.54) is 32.0 Å². The summed E-state index contributed by atoms with van der Waals surface area (Å²) in [4.78, 5) is 19.5. The first-order chi connectivity index (χ1) is 19.5. The van der Waals surface area contributed by atoms with Gasteiger partial charge in [-0.2, -0.15) is 26.3 Å². The summed E-state index contributed by atoms with van der Waals surface area (Å²) in [7, 11) is 1.38. The van der Waals surface area contributed by atoms with E-state index in [0.29, 0.717) is 46.9 Å². The lowest BCUT2D eigenvalue weighted by Crippen LogP contribution is -2.42. The summed E-state index contributed by atoms with van der Waals surface area (Å²) >= 11 is 6.50. The number of aliphatic hydroxyl groups is 1. The smallest absolute Gasteiger partial charge is 0.393 e. The molecule has 1 heterocycles. The lowest BCUT2D eigenvalue weighted by atomic mass is 9.81. The van der Waals surface area contributed by atoms with Gasteiger partial charge in [0.15, 0.2) is 0 Å². The second-order valence-corrected chi connectivity index (χ2v) is 11.4. The monoisotopic (exact) mass is 613 g/mol. The first-order valence-electron chi connectivity index (χ1n) is 13.3. The fraction of sp³-hybridized carbons (Fsp3) is 0.400. The molecule has 226 valence electrons. The van der Waals surface area contributed by atoms with Gasteiger partial charge in [0.2, 0.25) is 5.91 Å². The Morgan fingerprint density at radius 2 is 1.45 bits per heavy atom. The number of nitrogens with one attached hydrogen (secondary N) is 1. The molecule has 2 N–H and O–H groups in total. The van der Waals surface area contributed by atoms with Crippen LogP contribution >= 0.6 is 11.6 Å². The van der Waals surface area contributed by atoms with Crippen molar-refractivity contribution in [3.63, 3.8) is 0 Å². The molecule has 1 amide bonds. The standard InChI is InChI=1S/C30H30ClF6N3O2/c1-28(2,17-12-18(29(32,33)34)14-19(13-17)30(35,36)37)27(42)40(3)25-16-38-26(39-20-8-10-21(41)11-9-20)15-23(25)22-6-4-5-7-24(22)31/h4-7,12-16,20-21,41H,8-11H2,1-3H3,(H,38,39)/t20-,21-. The van der Waals surface area contributed by atoms with Crippen molar-refractivity contribution in [2.45, 2.75) is 69.4 Å². The summed E-state index contributed by atoms with van der Waals surface area (Å²) in [6.45, 7) is 2.55. The normalized spacial score (nSPS) is 18.1. The highest BCUT2D eigenvalue weighted by atomic mass is 35.5. The van der Waals surface area contributed by atoms with Gasteiger partial charge in [-0.1, -0.05) is 29.8 Å². The van der Waals surface area contributed by atoms with Gasteiger partial charge in [0.05, 0.1) is 34.5 Å². The van der Waals surface area contributed by atoms with E-state index in [1.807, 2.05) is 0 Å². The third-order valence-electron chi connectivity index (χ3n) is 7.61. The molecule has 1 aromatic heterocycles. The van der Waals surface area contributed by atoms with Gasteiger partial charge in [0.1, 0.15) is 5.82 Å². The Morgan fingerprint density at radius 3 is 2.00 bits per heavy atom. The van der Waals surface area contributed by atoms with Crippen molar-refractivity contribution >= 4 is 29.0 Å². The van der Waals surface area contributed by atoms with E-state index in [9.17, 15) is 36.2 Å². The minimum atomic E-state index is -5.05. The Kier molecular flexibility index (Phi) is 8.85. The van der Waals surface area contributed by atoms with E-state index in [2.05, 4.69) is 10.3 Å². The van der Waals surface area contributed by atoms with Crippen LogP contribution in [0.4, 0.5) is 37.8 Å². The highest BCUT2D eigenvalue weighted by molar-refractivity contribution is 6.33. The van der Waals surface area contributed by atoms with E-state index < -0.39 is 40.4 Å². The minimum absolute atomic E-state index is 0.0337. The molecule has 5 nitrogen and oxygen atoms in total. The molecular formula is C30H30ClF6N3O2. The molecule has 3 aromatic rings. The van der Waals surface area contributed by atoms with Crippen molar-refractivity contribution in [1.82, 2.24) is 4.98 Å². The predicted octanol–water partition coefficient (Wildman–Crippen LogP) is 8.10. The van der Waals surface area contributed by atoms with Gasteiger partial charge in [-0.25, -0.2) is 4.98 Å². The van der Waals surface area contributed by atoms with Gasteiger partial charge in [-0.3, -0.25) is 4.79 Å². The van der Waals surface area contributed by atoms with Gasteiger partial charge in [0.25, 0.3) is 0 Å². The zero-order valence-electron chi connectivity index (χ0n) is 23.1. The van der Waals surface area contributed by atoms with Crippen molar-refractivity contribution in [3.8, 4) is 11.1 Å². The molecule has 1 fully saturated rings. The van der Waals surface area contributed by atoms with Gasteiger partial charge < -0.3 is 15.3 Å². The molecular weight excluding hydrogens is 584 g/mol. The Hall–Kier alpha value is -3.31. The number of anilines is 2. The van der Waals surface area contributed by atoms with E-state index in [0.717, 1.165) is 12.8 Å². The SMILES string of the molecule is CN(C(=O)C(C)(C)c1cc(C(F)(F)F)cc(C(F)(F)F)c1)c1cnc(N[C@H]2CC[C@H](O)CC2)cc1-c1ccccc1Cl. The van der Waals surface area contributed by atoms with Crippen LogP contribution in [0.15, 0.2) is 54.7 Å². The number of aliphatic hydroxyl groups excluding tert-OH is 1. The van der Waals surface area contributed by atoms with Crippen molar-refractivity contribution in [2.75, 3.05) is 17.3 Å². The third-order valence-corrected chi connectivity index (χ3v) is 7.94. The van der Waals surface area contributed by atoms with Crippen LogP contribution in [-0.4, -0.2) is 35.2 Å². The van der Waals surface area contributed by atoms with Gasteiger partial charge >= 0.3 is 12.4 Å². The number of benzene rings is 2. The molecule has 0 radical (unpaired) electrons. The van der Waals surface area contributed by atoms with E-state index in [-0.39, 0.29) is 23.9 Å². The number of carbonyl (C=O) groups excluding carboxylic acids is 1. The summed E-state index contributed by atoms with van der Waals surface area (Å²) in [6.07, 6.45) is -6.28. The summed E-state index contributed by atoms with van der Waals surface area (Å²) in [5.41, 5.74) is -3.94. The van der Waals surface area contributed by atoms with Crippen molar-refractivity contribution in [3.05, 3.63) is 76.4 Å². The van der Waals surface area contributed by atoms with E-state index >= 15 is 0 Å². The lowest BCUT2D eigenvalue weighted by molar-refractivity contribution is -0.143. The number of carbonyl (C=O) groups is 1. The van der Waals surface area contributed by atoms with Crippen LogP contribution in [-0.2, 0) is 22.6 Å². The zero-order valence-corrected chi connectivity index (χ0v) is 23.8. The van der Waals surface area contributed by atoms with Crippen LogP contribution in [0.3, 0.4) is 0 Å². The second-order valence-electron chi connectivity index (χ2n) is 11.0. The Morgan fingerprint density at radius 1 is 0.905 bits per heavy atom. The Labute approximate surface area is 244 Å².